The number of aryl methyl sites for hydroxylation is 4. The number of aliphatic hydroxyl groups is 7. The van der Waals surface area contributed by atoms with E-state index in [0.29, 0.717) is 57.9 Å². The average Bonchev–Trinajstić information content (AvgIpc) is 0.875. The Kier molecular flexibility index (Phi) is 50.4. The molecule has 0 aliphatic rings. The minimum atomic E-state index is -0.583. The Bertz CT molecular complexity index is 5520. The van der Waals surface area contributed by atoms with Crippen LogP contribution < -0.4 is 37.2 Å². The summed E-state index contributed by atoms with van der Waals surface area (Å²) in [5.41, 5.74) is 17.0. The second kappa shape index (κ2) is 62.9. The fraction of sp³-hybridized carbons (Fsp3) is 0.288. The summed E-state index contributed by atoms with van der Waals surface area (Å²) in [6, 6.07) is 115. The molecule has 21 heteroatoms. The lowest BCUT2D eigenvalue weighted by atomic mass is 9.94. The highest BCUT2D eigenvalue weighted by Gasteiger charge is 2.21. The molecule has 9 atom stereocenters. The quantitative estimate of drug-likeness (QED) is 0.0158. The Labute approximate surface area is 822 Å². The SMILES string of the molecule is CC(C)(Cc1ccccc1)NCC(O)c1ccc(O)cc1.CC(CCc1ccccc1)NCC(O)c1ccc(O)cc1.CC(Cc1ccccc1)NCC(O)c1ccc(O)cc1.Cc1cc(C)cc(CNCC(O)c2ccc(O)cc2)c1.Oc1ccc(C(O)CNCCCc2ccccc2)cc1.Oc1ccc(C(O)CNCCc2ccccc2)cc1.Oc1ccc(C(O)CNCc2ccccc2)cc1. The molecule has 21 N–H and O–H groups in total. The zero-order chi connectivity index (χ0) is 99.8. The van der Waals surface area contributed by atoms with Gasteiger partial charge in [0.05, 0.1) is 42.7 Å². The molecule has 14 rings (SSSR count). The predicted molar refractivity (Wildman–Crippen MR) is 560 cm³/mol. The number of aromatic hydroxyl groups is 7. The van der Waals surface area contributed by atoms with Crippen molar-refractivity contribution >= 4 is 0 Å². The molecule has 21 nitrogen and oxygen atoms in total. The number of hydrogen-bond donors (Lipinski definition) is 21. The first-order valence-electron chi connectivity index (χ1n) is 47.7. The molecule has 0 bridgehead atoms. The maximum atomic E-state index is 10.2. The summed E-state index contributed by atoms with van der Waals surface area (Å²) in [4.78, 5) is 0. The molecule has 14 aromatic rings. The summed E-state index contributed by atoms with van der Waals surface area (Å²) in [6.07, 6.45) is 3.04. The van der Waals surface area contributed by atoms with Gasteiger partial charge >= 0.3 is 0 Å². The molecular formula is C118H145N7O14. The number of phenolic OH excluding ortho intramolecular Hbond substituents is 7. The zero-order valence-corrected chi connectivity index (χ0v) is 80.9. The Morgan fingerprint density at radius 2 is 0.504 bits per heavy atom. The molecule has 0 amide bonds. The summed E-state index contributed by atoms with van der Waals surface area (Å²) in [6.45, 7) is 19.3. The molecule has 0 spiro atoms. The Morgan fingerprint density at radius 1 is 0.245 bits per heavy atom. The lowest BCUT2D eigenvalue weighted by Crippen LogP contribution is -2.43. The van der Waals surface area contributed by atoms with Crippen LogP contribution in [0.1, 0.15) is 172 Å². The second-order valence-corrected chi connectivity index (χ2v) is 35.5. The molecule has 0 saturated heterocycles. The van der Waals surface area contributed by atoms with Crippen LogP contribution in [0, 0.1) is 13.8 Å². The van der Waals surface area contributed by atoms with Gasteiger partial charge in [-0.1, -0.05) is 296 Å². The third-order valence-corrected chi connectivity index (χ3v) is 22.8. The summed E-state index contributed by atoms with van der Waals surface area (Å²) in [7, 11) is 0. The van der Waals surface area contributed by atoms with Crippen molar-refractivity contribution in [3.63, 3.8) is 0 Å². The first-order chi connectivity index (χ1) is 67.1. The summed E-state index contributed by atoms with van der Waals surface area (Å²) < 4.78 is 0. The van der Waals surface area contributed by atoms with E-state index in [1.807, 2.05) is 97.1 Å². The highest BCUT2D eigenvalue weighted by molar-refractivity contribution is 5.35. The van der Waals surface area contributed by atoms with Gasteiger partial charge in [0.15, 0.2) is 0 Å². The van der Waals surface area contributed by atoms with Gasteiger partial charge in [0.1, 0.15) is 40.2 Å². The molecule has 14 aromatic carbocycles. The van der Waals surface area contributed by atoms with Gasteiger partial charge in [-0.25, -0.2) is 0 Å². The number of nitrogens with one attached hydrogen (secondary N) is 7. The number of β-amino-alcohol motifs (C(OH)–C–C–N with tert-alkyl or cyclic N) is 1. The Morgan fingerprint density at radius 3 is 0.842 bits per heavy atom. The van der Waals surface area contributed by atoms with Crippen molar-refractivity contribution in [3.05, 3.63) is 459 Å². The van der Waals surface area contributed by atoms with Crippen LogP contribution in [0.15, 0.2) is 370 Å². The monoisotopic (exact) mass is 1880 g/mol. The van der Waals surface area contributed by atoms with E-state index in [1.54, 1.807) is 170 Å². The number of hydrogen-bond acceptors (Lipinski definition) is 21. The second-order valence-electron chi connectivity index (χ2n) is 35.5. The molecule has 0 fully saturated rings. The lowest BCUT2D eigenvalue weighted by Gasteiger charge is -2.28. The van der Waals surface area contributed by atoms with Gasteiger partial charge in [0.2, 0.25) is 0 Å². The molecule has 0 heterocycles. The van der Waals surface area contributed by atoms with E-state index in [-0.39, 0.29) is 45.8 Å². The van der Waals surface area contributed by atoms with Crippen LogP contribution in [-0.4, -0.2) is 148 Å². The van der Waals surface area contributed by atoms with Crippen LogP contribution in [0.25, 0.3) is 0 Å². The van der Waals surface area contributed by atoms with Crippen LogP contribution in [0.4, 0.5) is 0 Å². The topological polar surface area (TPSA) is 367 Å². The predicted octanol–water partition coefficient (Wildman–Crippen LogP) is 18.7. The van der Waals surface area contributed by atoms with Crippen molar-refractivity contribution in [2.45, 2.75) is 160 Å². The molecule has 139 heavy (non-hydrogen) atoms. The fourth-order valence-corrected chi connectivity index (χ4v) is 14.9. The molecule has 0 aliphatic carbocycles. The van der Waals surface area contributed by atoms with Crippen molar-refractivity contribution in [1.82, 2.24) is 37.2 Å². The molecule has 0 aliphatic heterocycles. The molecule has 0 radical (unpaired) electrons. The molecular weight excluding hydrogens is 1740 g/mol. The number of phenols is 7. The highest BCUT2D eigenvalue weighted by atomic mass is 16.3. The molecule has 9 unspecified atom stereocenters. The highest BCUT2D eigenvalue weighted by Crippen LogP contribution is 2.25. The largest absolute Gasteiger partial charge is 0.508 e. The minimum Gasteiger partial charge on any atom is -0.508 e. The van der Waals surface area contributed by atoms with Crippen molar-refractivity contribution in [1.29, 1.82) is 0 Å². The van der Waals surface area contributed by atoms with Crippen LogP contribution >= 0.6 is 0 Å². The van der Waals surface area contributed by atoms with E-state index in [4.69, 9.17) is 5.11 Å². The van der Waals surface area contributed by atoms with Gasteiger partial charge in [-0.05, 0) is 262 Å². The molecule has 736 valence electrons. The van der Waals surface area contributed by atoms with Gasteiger partial charge < -0.3 is 109 Å². The summed E-state index contributed by atoms with van der Waals surface area (Å²) in [5.74, 6) is 1.50. The third kappa shape index (κ3) is 46.4. The summed E-state index contributed by atoms with van der Waals surface area (Å²) >= 11 is 0. The van der Waals surface area contributed by atoms with Gasteiger partial charge in [-0.15, -0.1) is 0 Å². The molecule has 0 saturated carbocycles. The average molecular weight is 1890 g/mol. The Hall–Kier alpha value is -12.9. The number of rotatable bonds is 42. The van der Waals surface area contributed by atoms with Crippen molar-refractivity contribution in [2.24, 2.45) is 0 Å². The summed E-state index contributed by atoms with van der Waals surface area (Å²) in [5, 5.41) is 158. The minimum absolute atomic E-state index is 0.0980. The first kappa shape index (κ1) is 111. The smallest absolute Gasteiger partial charge is 0.115 e. The van der Waals surface area contributed by atoms with Crippen LogP contribution in [0.5, 0.6) is 40.2 Å². The van der Waals surface area contributed by atoms with Gasteiger partial charge in [-0.3, -0.25) is 0 Å². The van der Waals surface area contributed by atoms with E-state index in [2.05, 4.69) is 182 Å². The van der Waals surface area contributed by atoms with Gasteiger partial charge in [0, 0.05) is 76.5 Å². The van der Waals surface area contributed by atoms with Gasteiger partial charge in [-0.2, -0.15) is 0 Å². The van der Waals surface area contributed by atoms with E-state index in [0.717, 1.165) is 110 Å². The Balaban J connectivity index is 0.000000199. The van der Waals surface area contributed by atoms with E-state index >= 15 is 0 Å². The molecule has 0 aromatic heterocycles. The van der Waals surface area contributed by atoms with Crippen LogP contribution in [0.3, 0.4) is 0 Å². The van der Waals surface area contributed by atoms with Crippen molar-refractivity contribution < 1.29 is 71.5 Å². The maximum absolute atomic E-state index is 10.2. The maximum Gasteiger partial charge on any atom is 0.115 e. The van der Waals surface area contributed by atoms with Crippen molar-refractivity contribution in [2.75, 3.05) is 58.9 Å². The van der Waals surface area contributed by atoms with E-state index in [9.17, 15) is 66.4 Å². The van der Waals surface area contributed by atoms with E-state index < -0.39 is 42.7 Å². The fourth-order valence-electron chi connectivity index (χ4n) is 14.9. The third-order valence-electron chi connectivity index (χ3n) is 22.8. The first-order valence-corrected chi connectivity index (χ1v) is 47.7. The normalized spacial score (nSPS) is 12.9. The lowest BCUT2D eigenvalue weighted by molar-refractivity contribution is 0.160. The number of benzene rings is 14. The van der Waals surface area contributed by atoms with Crippen LogP contribution in [0.2, 0.25) is 0 Å². The van der Waals surface area contributed by atoms with Crippen molar-refractivity contribution in [3.8, 4) is 40.2 Å². The van der Waals surface area contributed by atoms with E-state index in [1.165, 1.54) is 50.1 Å². The number of aliphatic hydroxyl groups excluding tert-OH is 7. The van der Waals surface area contributed by atoms with Gasteiger partial charge in [0.25, 0.3) is 0 Å². The van der Waals surface area contributed by atoms with Crippen LogP contribution in [-0.2, 0) is 45.2 Å². The standard InChI is InChI=1S/2C18H23NO2.3C17H21NO2.C16H19NO2.C15H17NO2/c1-18(2,12-14-6-4-3-5-7-14)19-13-17(21)15-8-10-16(20)11-9-15;1-14(7-8-15-5-3-2-4-6-15)19-13-18(21)16-9-11-17(20)12-10-16;1-12-7-13(2)9-14(8-12)10-18-11-17(20)15-3-5-16(19)6-4-15;1-13(11-14-5-3-2-4-6-14)18-12-17(20)15-7-9-16(19)10-8-15;19-16-10-8-15(9-11-16)17(20)13-18-12-4-7-14-5-2-1-3-6-14;18-15-8-6-14(7-9-15)16(19)12-17-11-10-13-4-2-1-3-5-13;17-14-8-6-13(7-9-14)15(18)11-16-10-12-4-2-1-3-5-12/h3-11,17,19-21H,12-13H2,1-2H3;2-6,9-12,14,18-21H,7-8,13H2,1H3;3-9,17-20H,10-11H2,1-2H3;2-10,13,17-20H,11-12H2,1H3;1-3,5-6,8-11,17-20H,4,7,12-13H2;1-9,16-19H,10-12H2;1-9,15-18H,10-11H2. The zero-order valence-electron chi connectivity index (χ0n) is 80.9.